The average Bonchev–Trinajstić information content (AvgIpc) is 2.41. The van der Waals surface area contributed by atoms with Gasteiger partial charge in [-0.2, -0.15) is 0 Å². The molecule has 0 aliphatic carbocycles. The number of Topliss-reactive ketones (excluding diaryl/α,β-unsaturated/α-hetero) is 1. The molecule has 0 aliphatic heterocycles. The van der Waals surface area contributed by atoms with Crippen molar-refractivity contribution in [1.29, 1.82) is 0 Å². The highest BCUT2D eigenvalue weighted by Gasteiger charge is 2.34. The van der Waals surface area contributed by atoms with Gasteiger partial charge in [-0.15, -0.1) is 0 Å². The summed E-state index contributed by atoms with van der Waals surface area (Å²) in [6.45, 7) is 0. The van der Waals surface area contributed by atoms with Crippen molar-refractivity contribution >= 4 is 61.0 Å². The van der Waals surface area contributed by atoms with Crippen molar-refractivity contribution in [2.75, 3.05) is 0 Å². The zero-order valence-electron chi connectivity index (χ0n) is 9.65. The highest BCUT2D eigenvalue weighted by Crippen LogP contribution is 2.45. The van der Waals surface area contributed by atoms with E-state index in [2.05, 4.69) is 31.9 Å². The number of rotatable bonds is 4. The summed E-state index contributed by atoms with van der Waals surface area (Å²) in [5.74, 6) is -0.0342. The van der Waals surface area contributed by atoms with Gasteiger partial charge in [-0.1, -0.05) is 85.6 Å². The Labute approximate surface area is 138 Å². The topological polar surface area (TPSA) is 17.1 Å². The van der Waals surface area contributed by atoms with Gasteiger partial charge in [0.15, 0.2) is 2.57 Å². The standard InChI is InChI=1S/C14H9Br2ClOS/c15-14(16,13(18)10-4-2-1-3-5-10)19-12-8-6-11(17)7-9-12/h1-9H. The van der Waals surface area contributed by atoms with E-state index in [-0.39, 0.29) is 5.78 Å². The van der Waals surface area contributed by atoms with Crippen molar-refractivity contribution < 1.29 is 4.79 Å². The highest BCUT2D eigenvalue weighted by molar-refractivity contribution is 9.28. The van der Waals surface area contributed by atoms with Gasteiger partial charge in [0.1, 0.15) is 0 Å². The van der Waals surface area contributed by atoms with E-state index in [0.717, 1.165) is 4.90 Å². The number of benzene rings is 2. The SMILES string of the molecule is O=C(c1ccccc1)C(Br)(Br)Sc1ccc(Cl)cc1. The molecule has 0 heterocycles. The Bertz CT molecular complexity index is 570. The molecule has 0 saturated carbocycles. The van der Waals surface area contributed by atoms with Crippen LogP contribution in [0.2, 0.25) is 5.02 Å². The fourth-order valence-electron chi connectivity index (χ4n) is 1.45. The molecule has 2 rings (SSSR count). The summed E-state index contributed by atoms with van der Waals surface area (Å²) in [7, 11) is 0. The van der Waals surface area contributed by atoms with Gasteiger partial charge in [-0.05, 0) is 24.3 Å². The van der Waals surface area contributed by atoms with Crippen molar-refractivity contribution in [2.45, 2.75) is 7.46 Å². The lowest BCUT2D eigenvalue weighted by atomic mass is 10.1. The largest absolute Gasteiger partial charge is 0.291 e. The molecule has 0 saturated heterocycles. The van der Waals surface area contributed by atoms with Gasteiger partial charge in [0, 0.05) is 15.5 Å². The van der Waals surface area contributed by atoms with Crippen LogP contribution in [0.15, 0.2) is 59.5 Å². The minimum Gasteiger partial charge on any atom is -0.291 e. The molecule has 0 radical (unpaired) electrons. The maximum absolute atomic E-state index is 12.4. The van der Waals surface area contributed by atoms with Crippen LogP contribution in [0, 0.1) is 0 Å². The Morgan fingerprint density at radius 1 is 1.00 bits per heavy atom. The van der Waals surface area contributed by atoms with E-state index >= 15 is 0 Å². The van der Waals surface area contributed by atoms with Gasteiger partial charge in [0.05, 0.1) is 0 Å². The lowest BCUT2D eigenvalue weighted by Crippen LogP contribution is -2.20. The first-order valence-electron chi connectivity index (χ1n) is 5.41. The van der Waals surface area contributed by atoms with Crippen LogP contribution in [0.3, 0.4) is 0 Å². The van der Waals surface area contributed by atoms with E-state index < -0.39 is 2.57 Å². The Kier molecular flexibility index (Phi) is 5.12. The van der Waals surface area contributed by atoms with Crippen molar-refractivity contribution in [3.05, 3.63) is 65.2 Å². The number of carbonyl (C=O) groups excluding carboxylic acids is 1. The van der Waals surface area contributed by atoms with Crippen molar-refractivity contribution in [1.82, 2.24) is 0 Å². The van der Waals surface area contributed by atoms with Crippen LogP contribution in [0.25, 0.3) is 0 Å². The third kappa shape index (κ3) is 4.09. The molecule has 98 valence electrons. The van der Waals surface area contributed by atoms with Crippen molar-refractivity contribution in [3.8, 4) is 0 Å². The van der Waals surface area contributed by atoms with E-state index in [1.165, 1.54) is 11.8 Å². The molecule has 2 aromatic rings. The smallest absolute Gasteiger partial charge is 0.200 e. The zero-order valence-corrected chi connectivity index (χ0v) is 14.4. The number of ketones is 1. The van der Waals surface area contributed by atoms with Crippen LogP contribution in [-0.2, 0) is 0 Å². The van der Waals surface area contributed by atoms with Crippen LogP contribution in [0.5, 0.6) is 0 Å². The maximum Gasteiger partial charge on any atom is 0.200 e. The molecule has 0 fully saturated rings. The molecule has 0 spiro atoms. The fraction of sp³-hybridized carbons (Fsp3) is 0.0714. The highest BCUT2D eigenvalue weighted by atomic mass is 79.9. The molecule has 19 heavy (non-hydrogen) atoms. The van der Waals surface area contributed by atoms with Crippen LogP contribution in [0.1, 0.15) is 10.4 Å². The first kappa shape index (κ1) is 15.1. The molecular formula is C14H9Br2ClOS. The Morgan fingerprint density at radius 3 is 2.16 bits per heavy atom. The van der Waals surface area contributed by atoms with Gasteiger partial charge >= 0.3 is 0 Å². The molecule has 0 N–H and O–H groups in total. The van der Waals surface area contributed by atoms with E-state index in [1.54, 1.807) is 24.3 Å². The minimum atomic E-state index is -0.880. The van der Waals surface area contributed by atoms with E-state index in [0.29, 0.717) is 10.6 Å². The monoisotopic (exact) mass is 418 g/mol. The van der Waals surface area contributed by atoms with Crippen LogP contribution < -0.4 is 0 Å². The van der Waals surface area contributed by atoms with Crippen molar-refractivity contribution in [2.24, 2.45) is 0 Å². The molecule has 5 heteroatoms. The quantitative estimate of drug-likeness (QED) is 0.355. The summed E-state index contributed by atoms with van der Waals surface area (Å²) in [5.41, 5.74) is 0.651. The van der Waals surface area contributed by atoms with Crippen LogP contribution in [0.4, 0.5) is 0 Å². The molecule has 0 aliphatic rings. The number of hydrogen-bond donors (Lipinski definition) is 0. The van der Waals surface area contributed by atoms with Crippen LogP contribution >= 0.6 is 55.2 Å². The molecule has 1 nitrogen and oxygen atoms in total. The summed E-state index contributed by atoms with van der Waals surface area (Å²) < 4.78 is -0.880. The number of thioether (sulfide) groups is 1. The number of carbonyl (C=O) groups is 1. The van der Waals surface area contributed by atoms with E-state index in [4.69, 9.17) is 11.6 Å². The third-order valence-corrected chi connectivity index (χ3v) is 5.25. The van der Waals surface area contributed by atoms with E-state index in [9.17, 15) is 4.79 Å². The molecule has 0 aromatic heterocycles. The molecule has 0 bridgehead atoms. The molecule has 0 unspecified atom stereocenters. The summed E-state index contributed by atoms with van der Waals surface area (Å²) in [6, 6.07) is 16.5. The minimum absolute atomic E-state index is 0.0342. The second kappa shape index (κ2) is 6.44. The van der Waals surface area contributed by atoms with Gasteiger partial charge in [0.2, 0.25) is 5.78 Å². The summed E-state index contributed by atoms with van der Waals surface area (Å²) in [4.78, 5) is 13.3. The summed E-state index contributed by atoms with van der Waals surface area (Å²) in [5, 5.41) is 0.675. The maximum atomic E-state index is 12.4. The first-order valence-corrected chi connectivity index (χ1v) is 8.19. The lowest BCUT2D eigenvalue weighted by Gasteiger charge is -2.18. The first-order chi connectivity index (χ1) is 8.99. The number of alkyl halides is 2. The predicted molar refractivity (Wildman–Crippen MR) is 88.7 cm³/mol. The Morgan fingerprint density at radius 2 is 1.58 bits per heavy atom. The van der Waals surface area contributed by atoms with E-state index in [1.807, 2.05) is 30.3 Å². The predicted octanol–water partition coefficient (Wildman–Crippen LogP) is 5.76. The van der Waals surface area contributed by atoms with Gasteiger partial charge in [-0.25, -0.2) is 0 Å². The zero-order chi connectivity index (χ0) is 13.9. The van der Waals surface area contributed by atoms with Crippen molar-refractivity contribution in [3.63, 3.8) is 0 Å². The summed E-state index contributed by atoms with van der Waals surface area (Å²) in [6.07, 6.45) is 0. The molecule has 2 aromatic carbocycles. The Hall–Kier alpha value is -0.290. The Balaban J connectivity index is 2.18. The van der Waals surface area contributed by atoms with Gasteiger partial charge in [0.25, 0.3) is 0 Å². The molecule has 0 atom stereocenters. The molecule has 0 amide bonds. The fourth-order valence-corrected chi connectivity index (χ4v) is 3.94. The van der Waals surface area contributed by atoms with Crippen LogP contribution in [-0.4, -0.2) is 8.35 Å². The number of halogens is 3. The third-order valence-electron chi connectivity index (χ3n) is 2.36. The average molecular weight is 421 g/mol. The second-order valence-electron chi connectivity index (χ2n) is 3.77. The summed E-state index contributed by atoms with van der Waals surface area (Å²) >= 11 is 14.1. The second-order valence-corrected chi connectivity index (χ2v) is 9.99. The molecular weight excluding hydrogens is 411 g/mol. The normalized spacial score (nSPS) is 11.3. The lowest BCUT2D eigenvalue weighted by molar-refractivity contribution is 0.101. The van der Waals surface area contributed by atoms with Gasteiger partial charge < -0.3 is 0 Å². The number of hydrogen-bond acceptors (Lipinski definition) is 2. The van der Waals surface area contributed by atoms with Gasteiger partial charge in [-0.3, -0.25) is 4.79 Å².